The third-order valence-electron chi connectivity index (χ3n) is 2.78. The SMILES string of the molecule is CNC(c1ccncn1)c1ccccc1OC(C)C. The van der Waals surface area contributed by atoms with Gasteiger partial charge in [0.25, 0.3) is 0 Å². The molecule has 1 N–H and O–H groups in total. The van der Waals surface area contributed by atoms with Crippen molar-refractivity contribution in [3.63, 3.8) is 0 Å². The number of rotatable bonds is 5. The maximum absolute atomic E-state index is 5.87. The summed E-state index contributed by atoms with van der Waals surface area (Å²) in [5, 5.41) is 3.28. The molecule has 1 unspecified atom stereocenters. The fourth-order valence-corrected chi connectivity index (χ4v) is 2.01. The van der Waals surface area contributed by atoms with Crippen LogP contribution in [-0.4, -0.2) is 23.1 Å². The highest BCUT2D eigenvalue weighted by atomic mass is 16.5. The first kappa shape index (κ1) is 13.5. The molecule has 0 aliphatic rings. The van der Waals surface area contributed by atoms with Gasteiger partial charge < -0.3 is 10.1 Å². The smallest absolute Gasteiger partial charge is 0.124 e. The highest BCUT2D eigenvalue weighted by Gasteiger charge is 2.17. The normalized spacial score (nSPS) is 12.4. The van der Waals surface area contributed by atoms with Crippen molar-refractivity contribution in [1.82, 2.24) is 15.3 Å². The zero-order valence-corrected chi connectivity index (χ0v) is 11.5. The molecule has 1 atom stereocenters. The Kier molecular flexibility index (Phi) is 4.47. The Morgan fingerprint density at radius 1 is 1.16 bits per heavy atom. The van der Waals surface area contributed by atoms with Crippen LogP contribution < -0.4 is 10.1 Å². The van der Waals surface area contributed by atoms with Crippen molar-refractivity contribution in [1.29, 1.82) is 0 Å². The van der Waals surface area contributed by atoms with Gasteiger partial charge >= 0.3 is 0 Å². The van der Waals surface area contributed by atoms with Crippen molar-refractivity contribution in [3.05, 3.63) is 54.1 Å². The van der Waals surface area contributed by atoms with E-state index >= 15 is 0 Å². The third kappa shape index (κ3) is 3.29. The van der Waals surface area contributed by atoms with Gasteiger partial charge in [0.1, 0.15) is 12.1 Å². The minimum Gasteiger partial charge on any atom is -0.491 e. The number of nitrogens with one attached hydrogen (secondary N) is 1. The minimum absolute atomic E-state index is 0.00190. The fraction of sp³-hybridized carbons (Fsp3) is 0.333. The van der Waals surface area contributed by atoms with Gasteiger partial charge in [0.15, 0.2) is 0 Å². The van der Waals surface area contributed by atoms with Crippen LogP contribution in [0.2, 0.25) is 0 Å². The Bertz CT molecular complexity index is 514. The molecule has 0 spiro atoms. The molecule has 0 bridgehead atoms. The van der Waals surface area contributed by atoms with E-state index in [0.717, 1.165) is 17.0 Å². The van der Waals surface area contributed by atoms with Crippen molar-refractivity contribution in [2.75, 3.05) is 7.05 Å². The highest BCUT2D eigenvalue weighted by Crippen LogP contribution is 2.29. The van der Waals surface area contributed by atoms with Crippen LogP contribution >= 0.6 is 0 Å². The largest absolute Gasteiger partial charge is 0.491 e. The Balaban J connectivity index is 2.38. The lowest BCUT2D eigenvalue weighted by Crippen LogP contribution is -2.20. The monoisotopic (exact) mass is 257 g/mol. The van der Waals surface area contributed by atoms with Gasteiger partial charge in [-0.25, -0.2) is 9.97 Å². The van der Waals surface area contributed by atoms with Crippen LogP contribution in [0.4, 0.5) is 0 Å². The summed E-state index contributed by atoms with van der Waals surface area (Å²) in [5.41, 5.74) is 2.01. The molecular formula is C15H19N3O. The number of para-hydroxylation sites is 1. The molecule has 0 aliphatic heterocycles. The first-order chi connectivity index (χ1) is 9.22. The topological polar surface area (TPSA) is 47.0 Å². The molecule has 0 radical (unpaired) electrons. The Morgan fingerprint density at radius 2 is 1.95 bits per heavy atom. The summed E-state index contributed by atoms with van der Waals surface area (Å²) in [5.74, 6) is 0.885. The van der Waals surface area contributed by atoms with Crippen LogP contribution in [-0.2, 0) is 0 Å². The first-order valence-electron chi connectivity index (χ1n) is 6.41. The lowest BCUT2D eigenvalue weighted by atomic mass is 10.0. The lowest BCUT2D eigenvalue weighted by Gasteiger charge is -2.20. The van der Waals surface area contributed by atoms with E-state index in [4.69, 9.17) is 4.74 Å². The van der Waals surface area contributed by atoms with Crippen molar-refractivity contribution < 1.29 is 4.74 Å². The van der Waals surface area contributed by atoms with Crippen LogP contribution in [0.25, 0.3) is 0 Å². The van der Waals surface area contributed by atoms with E-state index in [2.05, 4.69) is 21.4 Å². The quantitative estimate of drug-likeness (QED) is 0.894. The van der Waals surface area contributed by atoms with Gasteiger partial charge in [-0.2, -0.15) is 0 Å². The molecule has 4 heteroatoms. The number of ether oxygens (including phenoxy) is 1. The number of nitrogens with zero attached hydrogens (tertiary/aromatic N) is 2. The van der Waals surface area contributed by atoms with Crippen LogP contribution in [0, 0.1) is 0 Å². The summed E-state index contributed by atoms with van der Waals surface area (Å²) in [7, 11) is 1.92. The van der Waals surface area contributed by atoms with Gasteiger partial charge in [0.05, 0.1) is 17.8 Å². The van der Waals surface area contributed by atoms with Gasteiger partial charge in [-0.05, 0) is 33.0 Å². The van der Waals surface area contributed by atoms with E-state index in [1.165, 1.54) is 0 Å². The maximum Gasteiger partial charge on any atom is 0.124 e. The Morgan fingerprint density at radius 3 is 2.58 bits per heavy atom. The maximum atomic E-state index is 5.87. The van der Waals surface area contributed by atoms with E-state index in [1.54, 1.807) is 12.5 Å². The van der Waals surface area contributed by atoms with Crippen molar-refractivity contribution in [3.8, 4) is 5.75 Å². The standard InChI is InChI=1S/C15H19N3O/c1-11(2)19-14-7-5-4-6-12(14)15(16-3)13-8-9-17-10-18-13/h4-11,15-16H,1-3H3. The molecule has 4 nitrogen and oxygen atoms in total. The van der Waals surface area contributed by atoms with E-state index < -0.39 is 0 Å². The lowest BCUT2D eigenvalue weighted by molar-refractivity contribution is 0.238. The fourth-order valence-electron chi connectivity index (χ4n) is 2.01. The molecule has 0 amide bonds. The van der Waals surface area contributed by atoms with Crippen LogP contribution in [0.15, 0.2) is 42.9 Å². The summed E-state index contributed by atoms with van der Waals surface area (Å²) in [6, 6.07) is 9.94. The molecule has 2 rings (SSSR count). The van der Waals surface area contributed by atoms with Gasteiger partial charge in [0.2, 0.25) is 0 Å². The van der Waals surface area contributed by atoms with Gasteiger partial charge in [-0.1, -0.05) is 18.2 Å². The van der Waals surface area contributed by atoms with Crippen molar-refractivity contribution in [2.24, 2.45) is 0 Å². The average molecular weight is 257 g/mol. The Hall–Kier alpha value is -1.94. The average Bonchev–Trinajstić information content (AvgIpc) is 2.42. The highest BCUT2D eigenvalue weighted by molar-refractivity contribution is 5.39. The summed E-state index contributed by atoms with van der Waals surface area (Å²) in [6.07, 6.45) is 3.45. The molecule has 2 aromatic rings. The van der Waals surface area contributed by atoms with E-state index in [9.17, 15) is 0 Å². The molecule has 0 saturated carbocycles. The summed E-state index contributed by atoms with van der Waals surface area (Å²) >= 11 is 0. The number of hydrogen-bond donors (Lipinski definition) is 1. The summed E-state index contributed by atoms with van der Waals surface area (Å²) in [6.45, 7) is 4.05. The van der Waals surface area contributed by atoms with Crippen LogP contribution in [0.1, 0.15) is 31.1 Å². The molecule has 100 valence electrons. The van der Waals surface area contributed by atoms with Crippen LogP contribution in [0.3, 0.4) is 0 Å². The predicted octanol–water partition coefficient (Wildman–Crippen LogP) is 2.57. The van der Waals surface area contributed by atoms with Crippen molar-refractivity contribution in [2.45, 2.75) is 26.0 Å². The minimum atomic E-state index is -0.00190. The summed E-state index contributed by atoms with van der Waals surface area (Å²) in [4.78, 5) is 8.27. The van der Waals surface area contributed by atoms with E-state index in [1.807, 2.05) is 45.2 Å². The van der Waals surface area contributed by atoms with Gasteiger partial charge in [-0.3, -0.25) is 0 Å². The molecule has 1 aromatic heterocycles. The second kappa shape index (κ2) is 6.29. The predicted molar refractivity (Wildman–Crippen MR) is 75.1 cm³/mol. The molecule has 0 fully saturated rings. The first-order valence-corrected chi connectivity index (χ1v) is 6.41. The van der Waals surface area contributed by atoms with E-state index in [-0.39, 0.29) is 12.1 Å². The number of hydrogen-bond acceptors (Lipinski definition) is 4. The molecule has 0 saturated heterocycles. The van der Waals surface area contributed by atoms with E-state index in [0.29, 0.717) is 0 Å². The number of aromatic nitrogens is 2. The zero-order chi connectivity index (χ0) is 13.7. The molecule has 0 aliphatic carbocycles. The van der Waals surface area contributed by atoms with Gasteiger partial charge in [-0.15, -0.1) is 0 Å². The molecule has 19 heavy (non-hydrogen) atoms. The second-order valence-corrected chi connectivity index (χ2v) is 4.56. The third-order valence-corrected chi connectivity index (χ3v) is 2.78. The van der Waals surface area contributed by atoms with Crippen LogP contribution in [0.5, 0.6) is 5.75 Å². The van der Waals surface area contributed by atoms with Crippen molar-refractivity contribution >= 4 is 0 Å². The molecule has 1 aromatic carbocycles. The number of benzene rings is 1. The molecule has 1 heterocycles. The Labute approximate surface area is 113 Å². The second-order valence-electron chi connectivity index (χ2n) is 4.56. The molecular weight excluding hydrogens is 238 g/mol. The zero-order valence-electron chi connectivity index (χ0n) is 11.5. The summed E-state index contributed by atoms with van der Waals surface area (Å²) < 4.78 is 5.87. The van der Waals surface area contributed by atoms with Gasteiger partial charge in [0, 0.05) is 11.8 Å².